The second-order valence-corrected chi connectivity index (χ2v) is 6.04. The van der Waals surface area contributed by atoms with Gasteiger partial charge in [-0.15, -0.1) is 0 Å². The van der Waals surface area contributed by atoms with Crippen molar-refractivity contribution in [1.29, 1.82) is 0 Å². The van der Waals surface area contributed by atoms with Crippen LogP contribution >= 0.6 is 0 Å². The van der Waals surface area contributed by atoms with Crippen LogP contribution in [0.25, 0.3) is 22.3 Å². The molecule has 124 valence electrons. The van der Waals surface area contributed by atoms with Crippen LogP contribution in [0.1, 0.15) is 25.0 Å². The first kappa shape index (κ1) is 16.5. The third-order valence-electron chi connectivity index (χ3n) is 4.52. The Morgan fingerprint density at radius 2 is 1.71 bits per heavy atom. The summed E-state index contributed by atoms with van der Waals surface area (Å²) in [6.45, 7) is 8.97. The molecule has 3 rings (SSSR count). The van der Waals surface area contributed by atoms with Gasteiger partial charge in [-0.3, -0.25) is 9.69 Å². The third-order valence-corrected chi connectivity index (χ3v) is 4.52. The first-order chi connectivity index (χ1) is 11.6. The van der Waals surface area contributed by atoms with Gasteiger partial charge in [0.25, 0.3) is 0 Å². The van der Waals surface area contributed by atoms with Crippen molar-refractivity contribution in [3.05, 3.63) is 69.9 Å². The van der Waals surface area contributed by atoms with E-state index in [0.717, 1.165) is 30.8 Å². The molecule has 3 heteroatoms. The van der Waals surface area contributed by atoms with E-state index in [4.69, 9.17) is 4.42 Å². The summed E-state index contributed by atoms with van der Waals surface area (Å²) in [4.78, 5) is 15.2. The zero-order valence-electron chi connectivity index (χ0n) is 14.5. The summed E-state index contributed by atoms with van der Waals surface area (Å²) in [5.41, 5.74) is 3.43. The number of hydrogen-bond acceptors (Lipinski definition) is 3. The van der Waals surface area contributed by atoms with Crippen molar-refractivity contribution >= 4 is 11.0 Å². The molecule has 0 spiro atoms. The highest BCUT2D eigenvalue weighted by molar-refractivity contribution is 5.81. The minimum Gasteiger partial charge on any atom is -0.456 e. The first-order valence-corrected chi connectivity index (χ1v) is 8.48. The fraction of sp³-hybridized carbons (Fsp3) is 0.286. The lowest BCUT2D eigenvalue weighted by Gasteiger charge is -2.18. The minimum atomic E-state index is 0.0523. The zero-order valence-corrected chi connectivity index (χ0v) is 14.5. The van der Waals surface area contributed by atoms with Crippen molar-refractivity contribution in [2.75, 3.05) is 13.1 Å². The van der Waals surface area contributed by atoms with Gasteiger partial charge < -0.3 is 4.42 Å². The van der Waals surface area contributed by atoms with Gasteiger partial charge >= 0.3 is 0 Å². The molecule has 0 fully saturated rings. The summed E-state index contributed by atoms with van der Waals surface area (Å²) < 4.78 is 6.06. The monoisotopic (exact) mass is 321 g/mol. The van der Waals surface area contributed by atoms with Crippen molar-refractivity contribution < 1.29 is 4.42 Å². The van der Waals surface area contributed by atoms with E-state index in [1.54, 1.807) is 0 Å². The lowest BCUT2D eigenvalue weighted by Crippen LogP contribution is -2.22. The topological polar surface area (TPSA) is 33.5 Å². The minimum absolute atomic E-state index is 0.0523. The SMILES string of the molecule is CCN(CC)Cc1ccc2oc(-c3ccccc3)c(C)c(=O)c2c1. The Morgan fingerprint density at radius 3 is 2.38 bits per heavy atom. The van der Waals surface area contributed by atoms with Crippen LogP contribution in [-0.4, -0.2) is 18.0 Å². The van der Waals surface area contributed by atoms with Gasteiger partial charge in [-0.2, -0.15) is 0 Å². The zero-order chi connectivity index (χ0) is 17.1. The van der Waals surface area contributed by atoms with E-state index in [2.05, 4.69) is 18.7 Å². The van der Waals surface area contributed by atoms with E-state index in [9.17, 15) is 4.79 Å². The van der Waals surface area contributed by atoms with E-state index in [0.29, 0.717) is 22.3 Å². The molecule has 24 heavy (non-hydrogen) atoms. The van der Waals surface area contributed by atoms with Gasteiger partial charge in [0.15, 0.2) is 5.43 Å². The number of fused-ring (bicyclic) bond motifs is 1. The second-order valence-electron chi connectivity index (χ2n) is 6.04. The molecule has 0 aliphatic carbocycles. The summed E-state index contributed by atoms with van der Waals surface area (Å²) in [6.07, 6.45) is 0. The molecular formula is C21H23NO2. The molecule has 0 N–H and O–H groups in total. The van der Waals surface area contributed by atoms with Crippen LogP contribution in [0.3, 0.4) is 0 Å². The van der Waals surface area contributed by atoms with Gasteiger partial charge in [-0.25, -0.2) is 0 Å². The van der Waals surface area contributed by atoms with Gasteiger partial charge in [0.2, 0.25) is 0 Å². The Balaban J connectivity index is 2.09. The Labute approximate surface area is 142 Å². The fourth-order valence-electron chi connectivity index (χ4n) is 3.00. The molecule has 1 heterocycles. The molecule has 0 saturated carbocycles. The molecule has 0 aliphatic heterocycles. The fourth-order valence-corrected chi connectivity index (χ4v) is 3.00. The molecule has 3 nitrogen and oxygen atoms in total. The summed E-state index contributed by atoms with van der Waals surface area (Å²) in [7, 11) is 0. The normalized spacial score (nSPS) is 11.3. The highest BCUT2D eigenvalue weighted by Crippen LogP contribution is 2.26. The van der Waals surface area contributed by atoms with Crippen LogP contribution in [-0.2, 0) is 6.54 Å². The molecule has 0 unspecified atom stereocenters. The average Bonchev–Trinajstić information content (AvgIpc) is 2.63. The first-order valence-electron chi connectivity index (χ1n) is 8.48. The van der Waals surface area contributed by atoms with Crippen LogP contribution in [0, 0.1) is 6.92 Å². The Kier molecular flexibility index (Phi) is 4.81. The van der Waals surface area contributed by atoms with Crippen molar-refractivity contribution in [3.63, 3.8) is 0 Å². The second kappa shape index (κ2) is 7.02. The maximum atomic E-state index is 12.8. The maximum Gasteiger partial charge on any atom is 0.196 e. The predicted molar refractivity (Wildman–Crippen MR) is 99.3 cm³/mol. The molecule has 0 amide bonds. The van der Waals surface area contributed by atoms with Crippen molar-refractivity contribution in [2.45, 2.75) is 27.3 Å². The number of rotatable bonds is 5. The summed E-state index contributed by atoms with van der Waals surface area (Å²) >= 11 is 0. The van der Waals surface area contributed by atoms with Crippen molar-refractivity contribution in [1.82, 2.24) is 4.90 Å². The smallest absolute Gasteiger partial charge is 0.196 e. The van der Waals surface area contributed by atoms with Crippen molar-refractivity contribution in [3.8, 4) is 11.3 Å². The summed E-state index contributed by atoms with van der Waals surface area (Å²) in [5, 5.41) is 0.664. The molecular weight excluding hydrogens is 298 g/mol. The molecule has 0 bridgehead atoms. The number of benzene rings is 2. The summed E-state index contributed by atoms with van der Waals surface area (Å²) in [6, 6.07) is 15.7. The van der Waals surface area contributed by atoms with Crippen LogP contribution in [0.4, 0.5) is 0 Å². The standard InChI is InChI=1S/C21H23NO2/c1-4-22(5-2)14-16-11-12-19-18(13-16)20(23)15(3)21(24-19)17-9-7-6-8-10-17/h6-13H,4-5,14H2,1-3H3. The molecule has 2 aromatic carbocycles. The third kappa shape index (κ3) is 3.13. The molecule has 0 atom stereocenters. The van der Waals surface area contributed by atoms with Crippen LogP contribution < -0.4 is 5.43 Å². The molecule has 0 aliphatic rings. The van der Waals surface area contributed by atoms with Gasteiger partial charge in [-0.1, -0.05) is 50.2 Å². The van der Waals surface area contributed by atoms with Crippen LogP contribution in [0.5, 0.6) is 0 Å². The Morgan fingerprint density at radius 1 is 1.00 bits per heavy atom. The van der Waals surface area contributed by atoms with Gasteiger partial charge in [0, 0.05) is 17.7 Å². The largest absolute Gasteiger partial charge is 0.456 e. The summed E-state index contributed by atoms with van der Waals surface area (Å²) in [5.74, 6) is 0.657. The van der Waals surface area contributed by atoms with Gasteiger partial charge in [-0.05, 0) is 37.7 Å². The predicted octanol–water partition coefficient (Wildman–Crippen LogP) is 4.61. The van der Waals surface area contributed by atoms with E-state index < -0.39 is 0 Å². The molecule has 0 saturated heterocycles. The lowest BCUT2D eigenvalue weighted by molar-refractivity contribution is 0.296. The lowest BCUT2D eigenvalue weighted by atomic mass is 10.0. The molecule has 3 aromatic rings. The molecule has 1 aromatic heterocycles. The van der Waals surface area contributed by atoms with E-state index in [1.165, 1.54) is 0 Å². The number of nitrogens with zero attached hydrogens (tertiary/aromatic N) is 1. The van der Waals surface area contributed by atoms with E-state index >= 15 is 0 Å². The van der Waals surface area contributed by atoms with Gasteiger partial charge in [0.05, 0.1) is 5.39 Å². The van der Waals surface area contributed by atoms with Gasteiger partial charge in [0.1, 0.15) is 11.3 Å². The number of hydrogen-bond donors (Lipinski definition) is 0. The Bertz CT molecular complexity index is 893. The highest BCUT2D eigenvalue weighted by Gasteiger charge is 2.13. The maximum absolute atomic E-state index is 12.8. The average molecular weight is 321 g/mol. The van der Waals surface area contributed by atoms with E-state index in [1.807, 2.05) is 55.5 Å². The quantitative estimate of drug-likeness (QED) is 0.688. The van der Waals surface area contributed by atoms with Crippen LogP contribution in [0.15, 0.2) is 57.7 Å². The Hall–Kier alpha value is -2.39. The van der Waals surface area contributed by atoms with Crippen molar-refractivity contribution in [2.24, 2.45) is 0 Å². The highest BCUT2D eigenvalue weighted by atomic mass is 16.3. The molecule has 0 radical (unpaired) electrons. The van der Waals surface area contributed by atoms with Crippen LogP contribution in [0.2, 0.25) is 0 Å². The van der Waals surface area contributed by atoms with E-state index in [-0.39, 0.29) is 5.43 Å².